The Labute approximate surface area is 347 Å². The summed E-state index contributed by atoms with van der Waals surface area (Å²) in [6, 6.07) is 8.16. The molecule has 0 amide bonds. The second-order valence-electron chi connectivity index (χ2n) is 16.5. The molecule has 0 bridgehead atoms. The minimum atomic E-state index is -2.38. The molecule has 1 spiro atoms. The third kappa shape index (κ3) is 8.69. The fourth-order valence-electron chi connectivity index (χ4n) is 8.72. The molecule has 1 saturated carbocycles. The fourth-order valence-corrected chi connectivity index (χ4v) is 8.72. The summed E-state index contributed by atoms with van der Waals surface area (Å²) in [5.41, 5.74) is -2.11. The Kier molecular flexibility index (Phi) is 14.1. The standard InChI is InChI=1S/C38H54O23/c1-14-12-54-37(9-18(14)55-31(49)15-5-3-2-4-6-15)36(51)38(52)21(42)7-16(8-22(38)61-37)32(50)60-35-30(27(47)25(45)20(11-40)57-35)59-34-29(26(46)24(44)19(10-39)56-34)58-33-28(48)23(43)17(41)13-53-33/h2-6,14,16-30,33-36,39-48,51-52H,7-13H2,1H3/t14-,16+,17+,18+,19-,20-,21-,22-,23-,24-,25-,26+,27+,28+,29-,30-,33+,34+,35+,36+,37+,38-/m1/s1. The van der Waals surface area contributed by atoms with Crippen LogP contribution in [0.2, 0.25) is 0 Å². The zero-order valence-electron chi connectivity index (χ0n) is 32.7. The second kappa shape index (κ2) is 18.5. The molecule has 22 atom stereocenters. The van der Waals surface area contributed by atoms with Crippen LogP contribution in [0.3, 0.4) is 0 Å². The van der Waals surface area contributed by atoms with Crippen molar-refractivity contribution in [3.05, 3.63) is 35.9 Å². The number of carbonyl (C=O) groups is 2. The molecule has 0 unspecified atom stereocenters. The van der Waals surface area contributed by atoms with Gasteiger partial charge in [-0.2, -0.15) is 0 Å². The first-order chi connectivity index (χ1) is 28.9. The highest BCUT2D eigenvalue weighted by Gasteiger charge is 2.70. The topological polar surface area (TPSA) is 360 Å². The van der Waals surface area contributed by atoms with E-state index >= 15 is 0 Å². The van der Waals surface area contributed by atoms with Crippen LogP contribution < -0.4 is 0 Å². The summed E-state index contributed by atoms with van der Waals surface area (Å²) >= 11 is 0. The molecule has 0 radical (unpaired) electrons. The van der Waals surface area contributed by atoms with E-state index in [0.717, 1.165) is 0 Å². The Hall–Kier alpha value is -2.60. The molecule has 6 fully saturated rings. The van der Waals surface area contributed by atoms with Gasteiger partial charge in [0, 0.05) is 12.3 Å². The predicted octanol–water partition coefficient (Wildman–Crippen LogP) is -6.14. The minimum Gasteiger partial charge on any atom is -0.458 e. The summed E-state index contributed by atoms with van der Waals surface area (Å²) in [5.74, 6) is -5.46. The maximum Gasteiger partial charge on any atom is 0.338 e. The first-order valence-electron chi connectivity index (χ1n) is 20.0. The van der Waals surface area contributed by atoms with Crippen LogP contribution in [0, 0.1) is 11.8 Å². The fraction of sp³-hybridized carbons (Fsp3) is 0.789. The molecule has 1 aromatic rings. The van der Waals surface area contributed by atoms with Gasteiger partial charge in [0.1, 0.15) is 78.8 Å². The van der Waals surface area contributed by atoms with Crippen LogP contribution >= 0.6 is 0 Å². The molecule has 12 N–H and O–H groups in total. The van der Waals surface area contributed by atoms with Crippen LogP contribution in [0.15, 0.2) is 30.3 Å². The lowest BCUT2D eigenvalue weighted by Gasteiger charge is -2.48. The SMILES string of the molecule is C[C@@H]1CO[C@@]2(C[C@@H]1OC(=O)c1ccccc1)O[C@@H]1C[C@@H](C(=O)O[C@@H]3O[C@H](CO)[C@@H](O)[C@H](O)[C@H]3O[C@@H]3O[C@H](CO)[C@@H](O)[C@H](O)[C@H]3O[C@@H]3OC[C@H](O)[C@@H](O)[C@@H]3O)C[C@@H](O)[C@]1(O)[C@H]2O. The van der Waals surface area contributed by atoms with Crippen LogP contribution in [0.25, 0.3) is 0 Å². The van der Waals surface area contributed by atoms with Crippen LogP contribution in [-0.2, 0) is 47.4 Å². The lowest BCUT2D eigenvalue weighted by molar-refractivity contribution is -0.386. The molecular formula is C38H54O23. The average Bonchev–Trinajstić information content (AvgIpc) is 3.46. The van der Waals surface area contributed by atoms with E-state index in [1.807, 2.05) is 0 Å². The van der Waals surface area contributed by atoms with Crippen LogP contribution in [0.5, 0.6) is 0 Å². The third-order valence-electron chi connectivity index (χ3n) is 12.5. The molecule has 23 heteroatoms. The van der Waals surface area contributed by atoms with Crippen LogP contribution in [-0.4, -0.2) is 221 Å². The lowest BCUT2D eigenvalue weighted by Crippen LogP contribution is -2.66. The molecular weight excluding hydrogens is 824 g/mol. The van der Waals surface area contributed by atoms with E-state index in [1.54, 1.807) is 37.3 Å². The van der Waals surface area contributed by atoms with E-state index in [2.05, 4.69) is 0 Å². The summed E-state index contributed by atoms with van der Waals surface area (Å²) in [6.45, 7) is -0.663. The molecule has 5 heterocycles. The lowest BCUT2D eigenvalue weighted by atomic mass is 9.71. The maximum atomic E-state index is 13.9. The first-order valence-corrected chi connectivity index (χ1v) is 20.0. The molecule has 5 aliphatic heterocycles. The van der Waals surface area contributed by atoms with Gasteiger partial charge in [0.15, 0.2) is 18.7 Å². The summed E-state index contributed by atoms with van der Waals surface area (Å²) < 4.78 is 51.5. The zero-order valence-corrected chi connectivity index (χ0v) is 32.7. The van der Waals surface area contributed by atoms with Crippen molar-refractivity contribution in [1.82, 2.24) is 0 Å². The van der Waals surface area contributed by atoms with Gasteiger partial charge in [-0.15, -0.1) is 0 Å². The molecule has 344 valence electrons. The van der Waals surface area contributed by atoms with Gasteiger partial charge in [-0.3, -0.25) is 4.79 Å². The molecule has 7 rings (SSSR count). The second-order valence-corrected chi connectivity index (χ2v) is 16.5. The number of hydrogen-bond donors (Lipinski definition) is 12. The highest BCUT2D eigenvalue weighted by Crippen LogP contribution is 2.52. The van der Waals surface area contributed by atoms with Gasteiger partial charge in [0.2, 0.25) is 12.1 Å². The van der Waals surface area contributed by atoms with Gasteiger partial charge in [-0.1, -0.05) is 25.1 Å². The van der Waals surface area contributed by atoms with Gasteiger partial charge < -0.3 is 104 Å². The molecule has 61 heavy (non-hydrogen) atoms. The zero-order chi connectivity index (χ0) is 44.1. The number of aliphatic hydroxyl groups is 12. The Morgan fingerprint density at radius 2 is 1.34 bits per heavy atom. The number of benzene rings is 1. The maximum absolute atomic E-state index is 13.9. The molecule has 0 aromatic heterocycles. The van der Waals surface area contributed by atoms with E-state index in [1.165, 1.54) is 0 Å². The quantitative estimate of drug-likeness (QED) is 0.0973. The molecule has 23 nitrogen and oxygen atoms in total. The smallest absolute Gasteiger partial charge is 0.338 e. The van der Waals surface area contributed by atoms with Gasteiger partial charge in [-0.25, -0.2) is 4.79 Å². The van der Waals surface area contributed by atoms with Crippen molar-refractivity contribution < 1.29 is 113 Å². The van der Waals surface area contributed by atoms with Gasteiger partial charge >= 0.3 is 11.9 Å². The van der Waals surface area contributed by atoms with Crippen LogP contribution in [0.4, 0.5) is 0 Å². The molecule has 5 saturated heterocycles. The van der Waals surface area contributed by atoms with E-state index in [0.29, 0.717) is 0 Å². The van der Waals surface area contributed by atoms with Crippen molar-refractivity contribution in [3.63, 3.8) is 0 Å². The number of rotatable bonds is 10. The van der Waals surface area contributed by atoms with Crippen molar-refractivity contribution in [3.8, 4) is 0 Å². The van der Waals surface area contributed by atoms with Crippen molar-refractivity contribution in [2.75, 3.05) is 26.4 Å². The van der Waals surface area contributed by atoms with Gasteiger partial charge in [0.05, 0.1) is 50.1 Å². The number of fused-ring (bicyclic) bond motifs is 1. The van der Waals surface area contributed by atoms with E-state index in [-0.39, 0.29) is 30.9 Å². The highest BCUT2D eigenvalue weighted by atomic mass is 16.8. The molecule has 1 aliphatic carbocycles. The van der Waals surface area contributed by atoms with Crippen molar-refractivity contribution in [1.29, 1.82) is 0 Å². The summed E-state index contributed by atoms with van der Waals surface area (Å²) in [4.78, 5) is 26.9. The number of ether oxygens (including phenoxy) is 9. The Balaban J connectivity index is 1.07. The van der Waals surface area contributed by atoms with Crippen molar-refractivity contribution in [2.45, 2.75) is 148 Å². The summed E-state index contributed by atoms with van der Waals surface area (Å²) in [7, 11) is 0. The largest absolute Gasteiger partial charge is 0.458 e. The number of esters is 2. The Morgan fingerprint density at radius 3 is 1.98 bits per heavy atom. The molecule has 1 aromatic carbocycles. The third-order valence-corrected chi connectivity index (χ3v) is 12.5. The predicted molar refractivity (Wildman–Crippen MR) is 192 cm³/mol. The summed E-state index contributed by atoms with van der Waals surface area (Å²) in [5, 5.41) is 129. The highest BCUT2D eigenvalue weighted by molar-refractivity contribution is 5.89. The monoisotopic (exact) mass is 878 g/mol. The van der Waals surface area contributed by atoms with E-state index in [9.17, 15) is 70.9 Å². The Bertz CT molecular complexity index is 1660. The first kappa shape index (κ1) is 46.4. The van der Waals surface area contributed by atoms with Crippen molar-refractivity contribution >= 4 is 11.9 Å². The number of aliphatic hydroxyl groups excluding tert-OH is 11. The Morgan fingerprint density at radius 1 is 0.738 bits per heavy atom. The minimum absolute atomic E-state index is 0.0836. The number of hydrogen-bond acceptors (Lipinski definition) is 23. The van der Waals surface area contributed by atoms with Gasteiger partial charge in [0.25, 0.3) is 0 Å². The van der Waals surface area contributed by atoms with Crippen molar-refractivity contribution in [2.24, 2.45) is 11.8 Å². The average molecular weight is 879 g/mol. The normalized spacial score (nSPS) is 48.9. The number of carbonyl (C=O) groups excluding carboxylic acids is 2. The van der Waals surface area contributed by atoms with Gasteiger partial charge in [-0.05, 0) is 25.0 Å². The van der Waals surface area contributed by atoms with Crippen LogP contribution in [0.1, 0.15) is 36.5 Å². The van der Waals surface area contributed by atoms with E-state index < -0.39 is 166 Å². The summed E-state index contributed by atoms with van der Waals surface area (Å²) in [6.07, 6.45) is -32.9. The molecule has 6 aliphatic rings. The van der Waals surface area contributed by atoms with E-state index in [4.69, 9.17) is 42.6 Å².